The molecule has 0 heterocycles. The predicted octanol–water partition coefficient (Wildman–Crippen LogP) is 2.01. The fraction of sp³-hybridized carbons (Fsp3) is 0.550. The third kappa shape index (κ3) is 12.9. The van der Waals surface area contributed by atoms with E-state index in [1.165, 1.54) is 19.8 Å². The van der Waals surface area contributed by atoms with Crippen LogP contribution in [0.5, 0.6) is 0 Å². The minimum atomic E-state index is -0.471. The van der Waals surface area contributed by atoms with Crippen LogP contribution in [0.3, 0.4) is 0 Å². The molecule has 2 amide bonds. The smallest absolute Gasteiger partial charge is 0.302 e. The van der Waals surface area contributed by atoms with E-state index in [2.05, 4.69) is 35.1 Å². The Morgan fingerprint density at radius 1 is 1.17 bits per heavy atom. The molecule has 0 aliphatic heterocycles. The van der Waals surface area contributed by atoms with Crippen molar-refractivity contribution in [2.45, 2.75) is 53.2 Å². The molecule has 0 radical (unpaired) electrons. The molecule has 29 heavy (non-hydrogen) atoms. The van der Waals surface area contributed by atoms with Crippen molar-refractivity contribution in [2.75, 3.05) is 18.4 Å². The number of nitrogens with one attached hydrogen (secondary N) is 3. The molecule has 164 valence electrons. The van der Waals surface area contributed by atoms with Crippen LogP contribution in [0.4, 0.5) is 5.69 Å². The molecule has 5 N–H and O–H groups in total. The van der Waals surface area contributed by atoms with Gasteiger partial charge in [-0.2, -0.15) is 0 Å². The lowest BCUT2D eigenvalue weighted by atomic mass is 10.1. The Bertz CT molecular complexity index is 621. The van der Waals surface area contributed by atoms with Crippen molar-refractivity contribution >= 4 is 36.3 Å². The molecule has 0 saturated carbocycles. The van der Waals surface area contributed by atoms with E-state index in [4.69, 9.17) is 10.5 Å². The molecule has 0 spiro atoms. The molecule has 0 fully saturated rings. The molecule has 0 aromatic heterocycles. The number of ether oxygens (including phenoxy) is 1. The van der Waals surface area contributed by atoms with Gasteiger partial charge in [0.05, 0.1) is 12.6 Å². The number of amides is 2. The predicted molar refractivity (Wildman–Crippen MR) is 118 cm³/mol. The summed E-state index contributed by atoms with van der Waals surface area (Å²) in [5, 5.41) is 5.23. The summed E-state index contributed by atoms with van der Waals surface area (Å²) in [4.78, 5) is 34.5. The van der Waals surface area contributed by atoms with E-state index in [0.717, 1.165) is 12.1 Å². The lowest BCUT2D eigenvalue weighted by molar-refractivity contribution is -0.142. The van der Waals surface area contributed by atoms with Gasteiger partial charge in [0, 0.05) is 12.6 Å². The lowest BCUT2D eigenvalue weighted by Gasteiger charge is -2.18. The van der Waals surface area contributed by atoms with Gasteiger partial charge in [0.25, 0.3) is 0 Å². The highest BCUT2D eigenvalue weighted by Gasteiger charge is 2.20. The maximum Gasteiger partial charge on any atom is 0.302 e. The van der Waals surface area contributed by atoms with Gasteiger partial charge in [0.1, 0.15) is 6.61 Å². The van der Waals surface area contributed by atoms with Crippen LogP contribution in [0.15, 0.2) is 24.3 Å². The zero-order chi connectivity index (χ0) is 22.2. The van der Waals surface area contributed by atoms with Crippen LogP contribution in [0.25, 0.3) is 0 Å². The second-order valence-electron chi connectivity index (χ2n) is 6.74. The number of carbonyl (C=O) groups excluding carboxylic acids is 3. The molecule has 9 heteroatoms. The minimum Gasteiger partial charge on any atom is -0.461 e. The summed E-state index contributed by atoms with van der Waals surface area (Å²) in [7, 11) is 0. The Morgan fingerprint density at radius 2 is 1.79 bits per heavy atom. The number of hydrogen-bond acceptors (Lipinski definition) is 7. The third-order valence-electron chi connectivity index (χ3n) is 3.75. The number of anilines is 1. The first-order valence-electron chi connectivity index (χ1n) is 9.64. The van der Waals surface area contributed by atoms with E-state index in [1.54, 1.807) is 24.3 Å². The molecule has 0 bridgehead atoms. The SMILES string of the molecule is CC(=O)OCc1ccc(NC(=O)CNC(=O)C(NS)C(C)C)cc1.CCCCN. The molecule has 0 saturated heterocycles. The molecule has 1 rings (SSSR count). The topological polar surface area (TPSA) is 123 Å². The highest BCUT2D eigenvalue weighted by Crippen LogP contribution is 2.10. The van der Waals surface area contributed by atoms with Gasteiger partial charge in [-0.15, -0.1) is 0 Å². The van der Waals surface area contributed by atoms with Crippen LogP contribution in [0, 0.1) is 5.92 Å². The number of hydrogen-bond donors (Lipinski definition) is 5. The second-order valence-corrected chi connectivity index (χ2v) is 6.99. The number of thiol groups is 1. The van der Waals surface area contributed by atoms with Crippen molar-refractivity contribution in [1.82, 2.24) is 10.0 Å². The number of benzene rings is 1. The Hall–Kier alpha value is -2.10. The van der Waals surface area contributed by atoms with Crippen molar-refractivity contribution in [3.05, 3.63) is 29.8 Å². The van der Waals surface area contributed by atoms with Gasteiger partial charge in [-0.25, -0.2) is 0 Å². The summed E-state index contributed by atoms with van der Waals surface area (Å²) in [6.45, 7) is 8.13. The number of rotatable bonds is 10. The molecule has 0 aliphatic carbocycles. The van der Waals surface area contributed by atoms with Gasteiger partial charge < -0.3 is 21.1 Å². The summed E-state index contributed by atoms with van der Waals surface area (Å²) < 4.78 is 7.50. The van der Waals surface area contributed by atoms with Crippen LogP contribution < -0.4 is 21.1 Å². The summed E-state index contributed by atoms with van der Waals surface area (Å²) in [5.74, 6) is -0.918. The quantitative estimate of drug-likeness (QED) is 0.288. The maximum absolute atomic E-state index is 11.9. The Kier molecular flexibility index (Phi) is 14.6. The molecular formula is C20H34N4O4S. The monoisotopic (exact) mass is 426 g/mol. The van der Waals surface area contributed by atoms with Crippen molar-refractivity contribution in [3.63, 3.8) is 0 Å². The van der Waals surface area contributed by atoms with E-state index in [-0.39, 0.29) is 36.9 Å². The molecule has 1 aromatic carbocycles. The second kappa shape index (κ2) is 15.8. The van der Waals surface area contributed by atoms with Crippen LogP contribution in [0.1, 0.15) is 46.1 Å². The van der Waals surface area contributed by atoms with Crippen LogP contribution in [-0.4, -0.2) is 36.9 Å². The zero-order valence-electron chi connectivity index (χ0n) is 17.7. The van der Waals surface area contributed by atoms with Crippen molar-refractivity contribution in [2.24, 2.45) is 11.7 Å². The first kappa shape index (κ1) is 26.9. The number of carbonyl (C=O) groups is 3. The van der Waals surface area contributed by atoms with Gasteiger partial charge in [-0.3, -0.25) is 19.1 Å². The normalized spacial score (nSPS) is 11.1. The summed E-state index contributed by atoms with van der Waals surface area (Å²) in [5.41, 5.74) is 6.55. The first-order valence-corrected chi connectivity index (χ1v) is 10.1. The summed E-state index contributed by atoms with van der Waals surface area (Å²) in [6, 6.07) is 6.42. The Labute approximate surface area is 178 Å². The number of unbranched alkanes of at least 4 members (excludes halogenated alkanes) is 1. The van der Waals surface area contributed by atoms with Crippen LogP contribution >= 0.6 is 12.8 Å². The van der Waals surface area contributed by atoms with Gasteiger partial charge in [0.15, 0.2) is 0 Å². The van der Waals surface area contributed by atoms with E-state index in [1.807, 2.05) is 13.8 Å². The Morgan fingerprint density at radius 3 is 2.21 bits per heavy atom. The standard InChI is InChI=1S/C16H23N3O4S.C4H11N/c1-10(2)15(19-24)16(22)17-8-14(21)18-13-6-4-12(5-7-13)9-23-11(3)20;1-2-3-4-5/h4-7,10,15,19,24H,8-9H2,1-3H3,(H,17,22)(H,18,21);2-5H2,1H3. The largest absolute Gasteiger partial charge is 0.461 e. The van der Waals surface area contributed by atoms with Crippen LogP contribution in [0.2, 0.25) is 0 Å². The summed E-state index contributed by atoms with van der Waals surface area (Å²) >= 11 is 3.92. The number of nitrogens with two attached hydrogens (primary N) is 1. The highest BCUT2D eigenvalue weighted by atomic mass is 32.1. The molecule has 8 nitrogen and oxygen atoms in total. The molecule has 0 aliphatic rings. The molecule has 1 unspecified atom stereocenters. The average molecular weight is 427 g/mol. The summed E-state index contributed by atoms with van der Waals surface area (Å²) in [6.07, 6.45) is 2.39. The maximum atomic E-state index is 11.9. The van der Waals surface area contributed by atoms with Gasteiger partial charge in [-0.05, 0) is 36.6 Å². The van der Waals surface area contributed by atoms with E-state index in [9.17, 15) is 14.4 Å². The molecule has 1 atom stereocenters. The van der Waals surface area contributed by atoms with E-state index < -0.39 is 6.04 Å². The Balaban J connectivity index is 0.00000139. The van der Waals surface area contributed by atoms with Gasteiger partial charge in [0.2, 0.25) is 11.8 Å². The fourth-order valence-corrected chi connectivity index (χ4v) is 2.48. The van der Waals surface area contributed by atoms with Gasteiger partial charge in [-0.1, -0.05) is 52.1 Å². The van der Waals surface area contributed by atoms with Crippen molar-refractivity contribution in [3.8, 4) is 0 Å². The van der Waals surface area contributed by atoms with Crippen molar-refractivity contribution in [1.29, 1.82) is 0 Å². The molecular weight excluding hydrogens is 392 g/mol. The van der Waals surface area contributed by atoms with E-state index in [0.29, 0.717) is 5.69 Å². The average Bonchev–Trinajstić information content (AvgIpc) is 2.67. The zero-order valence-corrected chi connectivity index (χ0v) is 18.6. The van der Waals surface area contributed by atoms with Gasteiger partial charge >= 0.3 is 5.97 Å². The van der Waals surface area contributed by atoms with Crippen LogP contribution in [-0.2, 0) is 25.7 Å². The fourth-order valence-electron chi connectivity index (χ4n) is 2.07. The van der Waals surface area contributed by atoms with E-state index >= 15 is 0 Å². The first-order chi connectivity index (χ1) is 13.7. The third-order valence-corrected chi connectivity index (χ3v) is 4.03. The van der Waals surface area contributed by atoms with Crippen molar-refractivity contribution < 1.29 is 19.1 Å². The molecule has 1 aromatic rings. The highest BCUT2D eigenvalue weighted by molar-refractivity contribution is 7.78. The lowest BCUT2D eigenvalue weighted by Crippen LogP contribution is -2.46. The number of esters is 1. The minimum absolute atomic E-state index is 0.0512.